The molecule has 2 atom stereocenters. The second-order valence-electron chi connectivity index (χ2n) is 3.26. The number of hydrogen-bond donors (Lipinski definition) is 2. The van der Waals surface area contributed by atoms with E-state index in [2.05, 4.69) is 10.2 Å². The predicted octanol–water partition coefficient (Wildman–Crippen LogP) is 0.114. The van der Waals surface area contributed by atoms with Crippen LogP contribution in [0.5, 0.6) is 0 Å². The van der Waals surface area contributed by atoms with E-state index < -0.39 is 0 Å². The van der Waals surface area contributed by atoms with E-state index in [0.29, 0.717) is 6.04 Å². The molecule has 0 aromatic heterocycles. The Balaban J connectivity index is 0. The lowest BCUT2D eigenvalue weighted by atomic mass is 10.2. The van der Waals surface area contributed by atoms with Crippen LogP contribution < -0.4 is 5.32 Å². The molecule has 0 radical (unpaired) electrons. The van der Waals surface area contributed by atoms with Crippen molar-refractivity contribution in [2.45, 2.75) is 18.6 Å². The molecule has 0 spiro atoms. The molecule has 76 valence electrons. The van der Waals surface area contributed by atoms with Gasteiger partial charge in [0.05, 0.1) is 6.10 Å². The Bertz CT molecular complexity index is 114. The summed E-state index contributed by atoms with van der Waals surface area (Å²) < 4.78 is 0. The third-order valence-electron chi connectivity index (χ3n) is 1.78. The molecular weight excluding hydrogens is 199 g/mol. The number of nitrogens with one attached hydrogen (secondary N) is 1. The first-order valence-corrected chi connectivity index (χ1v) is 3.74. The van der Waals surface area contributed by atoms with Crippen molar-refractivity contribution >= 4 is 24.8 Å². The molecule has 1 aliphatic rings. The van der Waals surface area contributed by atoms with Gasteiger partial charge in [0, 0.05) is 19.1 Å². The molecule has 12 heavy (non-hydrogen) atoms. The van der Waals surface area contributed by atoms with Crippen molar-refractivity contribution in [3.63, 3.8) is 0 Å². The van der Waals surface area contributed by atoms with Crippen LogP contribution in [0.2, 0.25) is 0 Å². The van der Waals surface area contributed by atoms with E-state index in [-0.39, 0.29) is 30.9 Å². The number of hydrogen-bond acceptors (Lipinski definition) is 3. The summed E-state index contributed by atoms with van der Waals surface area (Å²) >= 11 is 0. The summed E-state index contributed by atoms with van der Waals surface area (Å²) in [5, 5.41) is 12.4. The Morgan fingerprint density at radius 3 is 2.33 bits per heavy atom. The van der Waals surface area contributed by atoms with Crippen LogP contribution in [-0.2, 0) is 0 Å². The minimum atomic E-state index is -0.120. The summed E-state index contributed by atoms with van der Waals surface area (Å²) in [5.74, 6) is 0. The van der Waals surface area contributed by atoms with E-state index in [1.165, 1.54) is 0 Å². The maximum atomic E-state index is 9.13. The van der Waals surface area contributed by atoms with Crippen molar-refractivity contribution in [1.29, 1.82) is 0 Å². The molecule has 0 saturated carbocycles. The summed E-state index contributed by atoms with van der Waals surface area (Å²) in [4.78, 5) is 2.13. The van der Waals surface area contributed by atoms with Crippen LogP contribution in [0.3, 0.4) is 0 Å². The minimum Gasteiger partial charge on any atom is -0.392 e. The molecule has 3 nitrogen and oxygen atoms in total. The van der Waals surface area contributed by atoms with Gasteiger partial charge in [0.25, 0.3) is 0 Å². The molecule has 0 bridgehead atoms. The van der Waals surface area contributed by atoms with Crippen molar-refractivity contribution < 1.29 is 5.11 Å². The average molecular weight is 217 g/mol. The zero-order valence-corrected chi connectivity index (χ0v) is 9.12. The normalized spacial score (nSPS) is 28.0. The Morgan fingerprint density at radius 1 is 1.42 bits per heavy atom. The molecule has 0 aliphatic carbocycles. The van der Waals surface area contributed by atoms with E-state index in [1.54, 1.807) is 0 Å². The fourth-order valence-electron chi connectivity index (χ4n) is 1.38. The Hall–Kier alpha value is 0.460. The fraction of sp³-hybridized carbons (Fsp3) is 1.00. The molecule has 0 aromatic carbocycles. The van der Waals surface area contributed by atoms with Gasteiger partial charge in [-0.2, -0.15) is 0 Å². The SMILES string of the molecule is CN(C)C[C@@H]1C[C@H](O)CN1.Cl.Cl. The van der Waals surface area contributed by atoms with E-state index in [0.717, 1.165) is 19.5 Å². The Kier molecular flexibility index (Phi) is 8.63. The molecule has 0 aromatic rings. The van der Waals surface area contributed by atoms with E-state index in [9.17, 15) is 0 Å². The number of aliphatic hydroxyl groups is 1. The second-order valence-corrected chi connectivity index (χ2v) is 3.26. The van der Waals surface area contributed by atoms with Gasteiger partial charge in [0.2, 0.25) is 0 Å². The summed E-state index contributed by atoms with van der Waals surface area (Å²) in [6.45, 7) is 1.79. The summed E-state index contributed by atoms with van der Waals surface area (Å²) in [6.07, 6.45) is 0.781. The molecule has 1 aliphatic heterocycles. The highest BCUT2D eigenvalue weighted by molar-refractivity contribution is 5.85. The lowest BCUT2D eigenvalue weighted by Gasteiger charge is -2.15. The number of aliphatic hydroxyl groups excluding tert-OH is 1. The first-order chi connectivity index (χ1) is 4.68. The third kappa shape index (κ3) is 5.17. The van der Waals surface area contributed by atoms with Crippen molar-refractivity contribution in [2.75, 3.05) is 27.2 Å². The molecule has 1 rings (SSSR count). The summed E-state index contributed by atoms with van der Waals surface area (Å²) in [6, 6.07) is 0.491. The molecule has 5 heteroatoms. The Labute approximate surface area is 86.3 Å². The van der Waals surface area contributed by atoms with Gasteiger partial charge in [0.1, 0.15) is 0 Å². The zero-order chi connectivity index (χ0) is 7.56. The second kappa shape index (κ2) is 6.92. The molecule has 0 unspecified atom stereocenters. The number of likely N-dealkylation sites (N-methyl/N-ethyl adjacent to an activating group) is 1. The number of β-amino-alcohol motifs (C(OH)–C–C–N with tert-alkyl or cyclic N) is 1. The molecule has 2 N–H and O–H groups in total. The van der Waals surface area contributed by atoms with Crippen LogP contribution in [0.4, 0.5) is 0 Å². The lowest BCUT2D eigenvalue weighted by molar-refractivity contribution is 0.191. The van der Waals surface area contributed by atoms with Crippen LogP contribution in [0.25, 0.3) is 0 Å². The van der Waals surface area contributed by atoms with Crippen molar-refractivity contribution in [2.24, 2.45) is 0 Å². The first-order valence-electron chi connectivity index (χ1n) is 3.74. The van der Waals surface area contributed by atoms with Gasteiger partial charge >= 0.3 is 0 Å². The van der Waals surface area contributed by atoms with E-state index in [4.69, 9.17) is 5.11 Å². The van der Waals surface area contributed by atoms with Crippen LogP contribution in [-0.4, -0.2) is 49.3 Å². The van der Waals surface area contributed by atoms with Crippen molar-refractivity contribution in [1.82, 2.24) is 10.2 Å². The van der Waals surface area contributed by atoms with E-state index >= 15 is 0 Å². The molecule has 0 amide bonds. The fourth-order valence-corrected chi connectivity index (χ4v) is 1.38. The topological polar surface area (TPSA) is 35.5 Å². The van der Waals surface area contributed by atoms with Gasteiger partial charge in [-0.25, -0.2) is 0 Å². The third-order valence-corrected chi connectivity index (χ3v) is 1.78. The van der Waals surface area contributed by atoms with Crippen LogP contribution >= 0.6 is 24.8 Å². The van der Waals surface area contributed by atoms with Crippen molar-refractivity contribution in [3.8, 4) is 0 Å². The summed E-state index contributed by atoms with van der Waals surface area (Å²) in [5.41, 5.74) is 0. The van der Waals surface area contributed by atoms with Crippen molar-refractivity contribution in [3.05, 3.63) is 0 Å². The summed E-state index contributed by atoms with van der Waals surface area (Å²) in [7, 11) is 4.10. The lowest BCUT2D eigenvalue weighted by Crippen LogP contribution is -2.33. The van der Waals surface area contributed by atoms with Gasteiger partial charge in [-0.1, -0.05) is 0 Å². The maximum Gasteiger partial charge on any atom is 0.0680 e. The minimum absolute atomic E-state index is 0. The maximum absolute atomic E-state index is 9.13. The van der Waals surface area contributed by atoms with Gasteiger partial charge in [-0.05, 0) is 20.5 Å². The van der Waals surface area contributed by atoms with Gasteiger partial charge in [-0.3, -0.25) is 0 Å². The van der Waals surface area contributed by atoms with Crippen LogP contribution in [0.1, 0.15) is 6.42 Å². The standard InChI is InChI=1S/C7H16N2O.2ClH/c1-9(2)5-6-3-7(10)4-8-6;;/h6-8,10H,3-5H2,1-2H3;2*1H/t6-,7-;;/m0../s1. The highest BCUT2D eigenvalue weighted by atomic mass is 35.5. The van der Waals surface area contributed by atoms with E-state index in [1.807, 2.05) is 14.1 Å². The smallest absolute Gasteiger partial charge is 0.0680 e. The highest BCUT2D eigenvalue weighted by Crippen LogP contribution is 2.05. The number of rotatable bonds is 2. The zero-order valence-electron chi connectivity index (χ0n) is 7.49. The molecule has 1 fully saturated rings. The molecular formula is C7H18Cl2N2O. The highest BCUT2D eigenvalue weighted by Gasteiger charge is 2.21. The quantitative estimate of drug-likeness (QED) is 0.689. The molecule has 1 heterocycles. The number of halogens is 2. The predicted molar refractivity (Wildman–Crippen MR) is 55.5 cm³/mol. The first kappa shape index (κ1) is 15.0. The van der Waals surface area contributed by atoms with Gasteiger partial charge in [-0.15, -0.1) is 24.8 Å². The number of nitrogens with zero attached hydrogens (tertiary/aromatic N) is 1. The largest absolute Gasteiger partial charge is 0.392 e. The van der Waals surface area contributed by atoms with Gasteiger partial charge in [0.15, 0.2) is 0 Å². The Morgan fingerprint density at radius 2 is 2.00 bits per heavy atom. The average Bonchev–Trinajstić information content (AvgIpc) is 2.13. The van der Waals surface area contributed by atoms with Gasteiger partial charge < -0.3 is 15.3 Å². The monoisotopic (exact) mass is 216 g/mol. The van der Waals surface area contributed by atoms with Crippen LogP contribution in [0.15, 0.2) is 0 Å². The van der Waals surface area contributed by atoms with Crippen LogP contribution in [0, 0.1) is 0 Å². The molecule has 1 saturated heterocycles.